The third-order valence-electron chi connectivity index (χ3n) is 1.04. The standard InChI is InChI=1S/C6H8O7.4H2O/c7-4(8)1-3(6(11)12)13-2-5(9)10;;;;/h3H,1-2H2,(H,7,8)(H,9,10)(H,11,12);4*1H2. The zero-order valence-electron chi connectivity index (χ0n) is 8.47. The number of rotatable bonds is 6. The fraction of sp³-hybridized carbons (Fsp3) is 0.500. The number of ether oxygens (including phenoxy) is 1. The Morgan fingerprint density at radius 3 is 1.53 bits per heavy atom. The van der Waals surface area contributed by atoms with Gasteiger partial charge in [0.15, 0.2) is 6.10 Å². The van der Waals surface area contributed by atoms with E-state index in [0.29, 0.717) is 0 Å². The lowest BCUT2D eigenvalue weighted by atomic mass is 10.2. The van der Waals surface area contributed by atoms with E-state index in [-0.39, 0.29) is 21.9 Å². The van der Waals surface area contributed by atoms with E-state index in [1.54, 1.807) is 0 Å². The Labute approximate surface area is 94.5 Å². The summed E-state index contributed by atoms with van der Waals surface area (Å²) in [6.07, 6.45) is -2.38. The average molecular weight is 264 g/mol. The maximum atomic E-state index is 10.3. The minimum absolute atomic E-state index is 0. The van der Waals surface area contributed by atoms with Gasteiger partial charge in [0.1, 0.15) is 6.61 Å². The van der Waals surface area contributed by atoms with Crippen LogP contribution in [-0.2, 0) is 19.1 Å². The normalized spacial score (nSPS) is 9.18. The van der Waals surface area contributed by atoms with Crippen LogP contribution in [0, 0.1) is 0 Å². The first-order valence-corrected chi connectivity index (χ1v) is 3.21. The predicted octanol–water partition coefficient (Wildman–Crippen LogP) is -4.28. The van der Waals surface area contributed by atoms with Gasteiger partial charge in [-0.2, -0.15) is 0 Å². The molecule has 0 saturated carbocycles. The van der Waals surface area contributed by atoms with Crippen molar-refractivity contribution < 1.29 is 56.3 Å². The SMILES string of the molecule is O.O.O.O.O=C(O)COC(CC(=O)O)C(=O)O. The molecule has 17 heavy (non-hydrogen) atoms. The van der Waals surface area contributed by atoms with Crippen LogP contribution in [0.3, 0.4) is 0 Å². The summed E-state index contributed by atoms with van der Waals surface area (Å²) >= 11 is 0. The molecule has 106 valence electrons. The van der Waals surface area contributed by atoms with Gasteiger partial charge in [0.25, 0.3) is 0 Å². The molecule has 11 heteroatoms. The molecule has 0 amide bonds. The molecule has 0 rings (SSSR count). The van der Waals surface area contributed by atoms with Crippen molar-refractivity contribution in [2.24, 2.45) is 0 Å². The summed E-state index contributed by atoms with van der Waals surface area (Å²) < 4.78 is 4.30. The lowest BCUT2D eigenvalue weighted by Gasteiger charge is -2.08. The lowest BCUT2D eigenvalue weighted by Crippen LogP contribution is -2.29. The van der Waals surface area contributed by atoms with Crippen molar-refractivity contribution in [2.45, 2.75) is 12.5 Å². The second-order valence-corrected chi connectivity index (χ2v) is 2.13. The topological polar surface area (TPSA) is 247 Å². The monoisotopic (exact) mass is 264 g/mol. The van der Waals surface area contributed by atoms with E-state index in [0.717, 1.165) is 0 Å². The molecule has 0 fully saturated rings. The zero-order valence-corrected chi connectivity index (χ0v) is 8.47. The Morgan fingerprint density at radius 2 is 1.29 bits per heavy atom. The van der Waals surface area contributed by atoms with Gasteiger partial charge in [-0.1, -0.05) is 0 Å². The highest BCUT2D eigenvalue weighted by Crippen LogP contribution is 1.98. The van der Waals surface area contributed by atoms with Gasteiger partial charge in [-0.15, -0.1) is 0 Å². The number of carboxylic acids is 3. The number of carboxylic acid groups (broad SMARTS) is 3. The maximum Gasteiger partial charge on any atom is 0.333 e. The molecule has 11 nitrogen and oxygen atoms in total. The zero-order chi connectivity index (χ0) is 10.4. The molecule has 0 aliphatic rings. The summed E-state index contributed by atoms with van der Waals surface area (Å²) in [5.41, 5.74) is 0. The summed E-state index contributed by atoms with van der Waals surface area (Å²) in [5.74, 6) is -4.21. The van der Waals surface area contributed by atoms with E-state index < -0.39 is 37.0 Å². The van der Waals surface area contributed by atoms with E-state index in [9.17, 15) is 14.4 Å². The molecule has 0 aromatic rings. The molecule has 1 atom stereocenters. The molecule has 0 aliphatic heterocycles. The number of hydrogen-bond donors (Lipinski definition) is 3. The summed E-state index contributed by atoms with van der Waals surface area (Å²) in [7, 11) is 0. The molecule has 0 radical (unpaired) electrons. The third-order valence-corrected chi connectivity index (χ3v) is 1.04. The molecule has 1 unspecified atom stereocenters. The Balaban J connectivity index is -0.000000120. The molecular weight excluding hydrogens is 248 g/mol. The van der Waals surface area contributed by atoms with Crippen molar-refractivity contribution in [3.05, 3.63) is 0 Å². The van der Waals surface area contributed by atoms with Crippen LogP contribution in [0.15, 0.2) is 0 Å². The summed E-state index contributed by atoms with van der Waals surface area (Å²) in [6, 6.07) is 0. The van der Waals surface area contributed by atoms with Crippen LogP contribution in [0.2, 0.25) is 0 Å². The van der Waals surface area contributed by atoms with Crippen LogP contribution in [-0.4, -0.2) is 67.8 Å². The quantitative estimate of drug-likeness (QED) is 0.425. The summed E-state index contributed by atoms with van der Waals surface area (Å²) in [5, 5.41) is 24.7. The van der Waals surface area contributed by atoms with Crippen LogP contribution < -0.4 is 0 Å². The molecule has 0 aromatic heterocycles. The number of aliphatic carboxylic acids is 3. The molecule has 0 saturated heterocycles. The number of carbonyl (C=O) groups is 3. The van der Waals surface area contributed by atoms with Crippen molar-refractivity contribution in [2.75, 3.05) is 6.61 Å². The van der Waals surface area contributed by atoms with Crippen LogP contribution in [0.25, 0.3) is 0 Å². The Kier molecular flexibility index (Phi) is 24.6. The van der Waals surface area contributed by atoms with E-state index >= 15 is 0 Å². The van der Waals surface area contributed by atoms with Gasteiger partial charge in [0.2, 0.25) is 0 Å². The molecule has 0 aliphatic carbocycles. The fourth-order valence-electron chi connectivity index (χ4n) is 0.548. The third kappa shape index (κ3) is 16.9. The van der Waals surface area contributed by atoms with Crippen molar-refractivity contribution in [1.82, 2.24) is 0 Å². The average Bonchev–Trinajstić information content (AvgIpc) is 1.96. The molecule has 11 N–H and O–H groups in total. The minimum Gasteiger partial charge on any atom is -0.481 e. The Bertz CT molecular complexity index is 224. The van der Waals surface area contributed by atoms with Crippen LogP contribution in [0.5, 0.6) is 0 Å². The van der Waals surface area contributed by atoms with Gasteiger partial charge in [-0.05, 0) is 0 Å². The first kappa shape index (κ1) is 29.5. The predicted molar refractivity (Wildman–Crippen MR) is 51.7 cm³/mol. The highest BCUT2D eigenvalue weighted by atomic mass is 16.5. The van der Waals surface area contributed by atoms with E-state index in [4.69, 9.17) is 15.3 Å². The molecule has 0 aromatic carbocycles. The fourth-order valence-corrected chi connectivity index (χ4v) is 0.548. The molecule has 0 bridgehead atoms. The van der Waals surface area contributed by atoms with Crippen molar-refractivity contribution >= 4 is 17.9 Å². The van der Waals surface area contributed by atoms with Gasteiger partial charge in [-0.3, -0.25) is 4.79 Å². The van der Waals surface area contributed by atoms with E-state index in [1.165, 1.54) is 0 Å². The lowest BCUT2D eigenvalue weighted by molar-refractivity contribution is -0.161. The van der Waals surface area contributed by atoms with Gasteiger partial charge in [0, 0.05) is 0 Å². The van der Waals surface area contributed by atoms with E-state index in [1.807, 2.05) is 0 Å². The summed E-state index contributed by atoms with van der Waals surface area (Å²) in [6.45, 7) is -0.829. The van der Waals surface area contributed by atoms with Crippen molar-refractivity contribution in [3.63, 3.8) is 0 Å². The van der Waals surface area contributed by atoms with Crippen LogP contribution in [0.1, 0.15) is 6.42 Å². The van der Waals surface area contributed by atoms with E-state index in [2.05, 4.69) is 4.74 Å². The van der Waals surface area contributed by atoms with Gasteiger partial charge >= 0.3 is 17.9 Å². The Hall–Kier alpha value is -1.79. The maximum absolute atomic E-state index is 10.3. The molecule has 0 heterocycles. The smallest absolute Gasteiger partial charge is 0.333 e. The minimum atomic E-state index is -1.62. The highest BCUT2D eigenvalue weighted by molar-refractivity contribution is 5.80. The second-order valence-electron chi connectivity index (χ2n) is 2.13. The van der Waals surface area contributed by atoms with Crippen LogP contribution in [0.4, 0.5) is 0 Å². The largest absolute Gasteiger partial charge is 0.481 e. The summed E-state index contributed by atoms with van der Waals surface area (Å²) in [4.78, 5) is 30.3. The highest BCUT2D eigenvalue weighted by Gasteiger charge is 2.22. The Morgan fingerprint density at radius 1 is 0.882 bits per heavy atom. The van der Waals surface area contributed by atoms with Crippen molar-refractivity contribution in [1.29, 1.82) is 0 Å². The first-order valence-electron chi connectivity index (χ1n) is 3.21. The molecular formula is C6H16O11. The second kappa shape index (κ2) is 14.2. The van der Waals surface area contributed by atoms with Gasteiger partial charge in [-0.25, -0.2) is 9.59 Å². The number of hydrogen-bond acceptors (Lipinski definition) is 4. The van der Waals surface area contributed by atoms with Crippen molar-refractivity contribution in [3.8, 4) is 0 Å². The van der Waals surface area contributed by atoms with Gasteiger partial charge in [0.05, 0.1) is 6.42 Å². The van der Waals surface area contributed by atoms with Crippen LogP contribution >= 0.6 is 0 Å². The van der Waals surface area contributed by atoms with Gasteiger partial charge < -0.3 is 42.0 Å². The first-order chi connectivity index (χ1) is 5.93. The molecule has 0 spiro atoms.